The van der Waals surface area contributed by atoms with Gasteiger partial charge in [0.1, 0.15) is 0 Å². The number of carbonyl (C=O) groups is 1. The predicted octanol–water partition coefficient (Wildman–Crippen LogP) is 1.46. The Kier molecular flexibility index (Phi) is 6.30. The van der Waals surface area contributed by atoms with Gasteiger partial charge in [-0.25, -0.2) is 0 Å². The zero-order valence-electron chi connectivity index (χ0n) is 13.6. The topological polar surface area (TPSA) is 56.7 Å². The SMILES string of the molecule is CN=C(NCC(C)C)NCC1(C(=O)N(C)C)CCCC1. The van der Waals surface area contributed by atoms with E-state index in [1.54, 1.807) is 11.9 Å². The van der Waals surface area contributed by atoms with Gasteiger partial charge in [0.2, 0.25) is 5.91 Å². The van der Waals surface area contributed by atoms with Crippen LogP contribution in [0.4, 0.5) is 0 Å². The van der Waals surface area contributed by atoms with E-state index in [0.717, 1.165) is 38.2 Å². The molecule has 1 aliphatic carbocycles. The number of carbonyl (C=O) groups excluding carboxylic acids is 1. The maximum atomic E-state index is 12.5. The molecule has 0 spiro atoms. The lowest BCUT2D eigenvalue weighted by Gasteiger charge is -2.31. The number of hydrogen-bond acceptors (Lipinski definition) is 2. The van der Waals surface area contributed by atoms with Gasteiger partial charge in [-0.2, -0.15) is 0 Å². The lowest BCUT2D eigenvalue weighted by molar-refractivity contribution is -0.138. The van der Waals surface area contributed by atoms with Gasteiger partial charge in [-0.15, -0.1) is 0 Å². The molecule has 0 saturated heterocycles. The summed E-state index contributed by atoms with van der Waals surface area (Å²) in [4.78, 5) is 18.4. The highest BCUT2D eigenvalue weighted by atomic mass is 16.2. The summed E-state index contributed by atoms with van der Waals surface area (Å²) in [5.41, 5.74) is -0.251. The normalized spacial score (nSPS) is 18.2. The van der Waals surface area contributed by atoms with Gasteiger partial charge < -0.3 is 15.5 Å². The number of nitrogens with zero attached hydrogens (tertiary/aromatic N) is 2. The molecule has 1 amide bonds. The summed E-state index contributed by atoms with van der Waals surface area (Å²) in [6.07, 6.45) is 4.22. The highest BCUT2D eigenvalue weighted by Crippen LogP contribution is 2.38. The molecule has 20 heavy (non-hydrogen) atoms. The molecule has 1 saturated carbocycles. The van der Waals surface area contributed by atoms with E-state index in [-0.39, 0.29) is 11.3 Å². The standard InChI is InChI=1S/C15H30N4O/c1-12(2)10-17-14(16-3)18-11-15(8-6-7-9-15)13(20)19(4)5/h12H,6-11H2,1-5H3,(H2,16,17,18). The van der Waals surface area contributed by atoms with Gasteiger partial charge in [0.05, 0.1) is 5.41 Å². The molecule has 1 rings (SSSR count). The van der Waals surface area contributed by atoms with Crippen LogP contribution in [0.3, 0.4) is 0 Å². The number of nitrogens with one attached hydrogen (secondary N) is 2. The first-order chi connectivity index (χ1) is 9.41. The Morgan fingerprint density at radius 2 is 1.85 bits per heavy atom. The van der Waals surface area contributed by atoms with Gasteiger partial charge in [-0.1, -0.05) is 26.7 Å². The van der Waals surface area contributed by atoms with Crippen LogP contribution >= 0.6 is 0 Å². The highest BCUT2D eigenvalue weighted by molar-refractivity contribution is 5.85. The van der Waals surface area contributed by atoms with Gasteiger partial charge in [0.15, 0.2) is 5.96 Å². The molecule has 0 aliphatic heterocycles. The summed E-state index contributed by atoms with van der Waals surface area (Å²) in [6.45, 7) is 5.87. The molecule has 0 atom stereocenters. The van der Waals surface area contributed by atoms with E-state index in [1.165, 1.54) is 0 Å². The van der Waals surface area contributed by atoms with Crippen LogP contribution in [0.15, 0.2) is 4.99 Å². The van der Waals surface area contributed by atoms with Crippen LogP contribution in [0, 0.1) is 11.3 Å². The lowest BCUT2D eigenvalue weighted by atomic mass is 9.84. The predicted molar refractivity (Wildman–Crippen MR) is 83.8 cm³/mol. The summed E-state index contributed by atoms with van der Waals surface area (Å²) < 4.78 is 0. The highest BCUT2D eigenvalue weighted by Gasteiger charge is 2.42. The van der Waals surface area contributed by atoms with E-state index in [4.69, 9.17) is 0 Å². The second kappa shape index (κ2) is 7.50. The minimum atomic E-state index is -0.251. The average Bonchev–Trinajstić information content (AvgIpc) is 2.87. The molecular formula is C15H30N4O. The Morgan fingerprint density at radius 3 is 2.30 bits per heavy atom. The molecule has 1 fully saturated rings. The van der Waals surface area contributed by atoms with Gasteiger partial charge in [0, 0.05) is 34.2 Å². The van der Waals surface area contributed by atoms with Gasteiger partial charge in [-0.05, 0) is 18.8 Å². The third-order valence-corrected chi connectivity index (χ3v) is 3.92. The third kappa shape index (κ3) is 4.39. The summed E-state index contributed by atoms with van der Waals surface area (Å²) in [5.74, 6) is 1.59. The van der Waals surface area contributed by atoms with E-state index in [0.29, 0.717) is 12.5 Å². The summed E-state index contributed by atoms with van der Waals surface area (Å²) in [5, 5.41) is 6.63. The van der Waals surface area contributed by atoms with Crippen molar-refractivity contribution in [3.8, 4) is 0 Å². The first kappa shape index (κ1) is 16.8. The van der Waals surface area contributed by atoms with Crippen molar-refractivity contribution in [2.75, 3.05) is 34.2 Å². The van der Waals surface area contributed by atoms with Crippen LogP contribution in [0.25, 0.3) is 0 Å². The van der Waals surface area contributed by atoms with Crippen LogP contribution < -0.4 is 10.6 Å². The Labute approximate surface area is 123 Å². The van der Waals surface area contributed by atoms with Crippen molar-refractivity contribution in [3.63, 3.8) is 0 Å². The Bertz CT molecular complexity index is 344. The fourth-order valence-corrected chi connectivity index (χ4v) is 2.77. The van der Waals surface area contributed by atoms with E-state index in [9.17, 15) is 4.79 Å². The Balaban J connectivity index is 2.61. The molecule has 0 aromatic rings. The fourth-order valence-electron chi connectivity index (χ4n) is 2.77. The molecular weight excluding hydrogens is 252 g/mol. The zero-order valence-corrected chi connectivity index (χ0v) is 13.6. The molecule has 5 nitrogen and oxygen atoms in total. The maximum Gasteiger partial charge on any atom is 0.230 e. The third-order valence-electron chi connectivity index (χ3n) is 3.92. The number of aliphatic imine (C=N–C) groups is 1. The van der Waals surface area contributed by atoms with Crippen molar-refractivity contribution < 1.29 is 4.79 Å². The lowest BCUT2D eigenvalue weighted by Crippen LogP contribution is -2.49. The van der Waals surface area contributed by atoms with Crippen LogP contribution in [-0.2, 0) is 4.79 Å². The maximum absolute atomic E-state index is 12.5. The summed E-state index contributed by atoms with van der Waals surface area (Å²) in [7, 11) is 5.45. The smallest absolute Gasteiger partial charge is 0.230 e. The van der Waals surface area contributed by atoms with E-state index >= 15 is 0 Å². The monoisotopic (exact) mass is 282 g/mol. The van der Waals surface area contributed by atoms with Crippen molar-refractivity contribution in [2.45, 2.75) is 39.5 Å². The minimum absolute atomic E-state index is 0.238. The van der Waals surface area contributed by atoms with Crippen LogP contribution in [-0.4, -0.2) is 51.0 Å². The van der Waals surface area contributed by atoms with Gasteiger partial charge in [-0.3, -0.25) is 9.79 Å². The van der Waals surface area contributed by atoms with Crippen molar-refractivity contribution in [3.05, 3.63) is 0 Å². The molecule has 0 aromatic heterocycles. The molecule has 1 aliphatic rings. The second-order valence-corrected chi connectivity index (χ2v) is 6.39. The Morgan fingerprint density at radius 1 is 1.25 bits per heavy atom. The average molecular weight is 282 g/mol. The fraction of sp³-hybridized carbons (Fsp3) is 0.867. The number of amides is 1. The molecule has 0 radical (unpaired) electrons. The second-order valence-electron chi connectivity index (χ2n) is 6.39. The van der Waals surface area contributed by atoms with E-state index in [1.807, 2.05) is 14.1 Å². The quantitative estimate of drug-likeness (QED) is 0.593. The first-order valence-corrected chi connectivity index (χ1v) is 7.57. The van der Waals surface area contributed by atoms with Gasteiger partial charge >= 0.3 is 0 Å². The molecule has 0 heterocycles. The number of guanidine groups is 1. The van der Waals surface area contributed by atoms with Crippen molar-refractivity contribution in [1.29, 1.82) is 0 Å². The van der Waals surface area contributed by atoms with Crippen molar-refractivity contribution >= 4 is 11.9 Å². The molecule has 5 heteroatoms. The molecule has 2 N–H and O–H groups in total. The van der Waals surface area contributed by atoms with Crippen LogP contribution in [0.2, 0.25) is 0 Å². The first-order valence-electron chi connectivity index (χ1n) is 7.57. The minimum Gasteiger partial charge on any atom is -0.356 e. The Hall–Kier alpha value is -1.26. The van der Waals surface area contributed by atoms with Crippen LogP contribution in [0.5, 0.6) is 0 Å². The largest absolute Gasteiger partial charge is 0.356 e. The summed E-state index contributed by atoms with van der Waals surface area (Å²) in [6, 6.07) is 0. The zero-order chi connectivity index (χ0) is 15.2. The molecule has 116 valence electrons. The molecule has 0 unspecified atom stereocenters. The van der Waals surface area contributed by atoms with E-state index < -0.39 is 0 Å². The molecule has 0 aromatic carbocycles. The molecule has 0 bridgehead atoms. The number of rotatable bonds is 5. The van der Waals surface area contributed by atoms with Crippen LogP contribution in [0.1, 0.15) is 39.5 Å². The van der Waals surface area contributed by atoms with Crippen molar-refractivity contribution in [2.24, 2.45) is 16.3 Å². The van der Waals surface area contributed by atoms with Crippen molar-refractivity contribution in [1.82, 2.24) is 15.5 Å². The number of hydrogen-bond donors (Lipinski definition) is 2. The van der Waals surface area contributed by atoms with Gasteiger partial charge in [0.25, 0.3) is 0 Å². The van der Waals surface area contributed by atoms with E-state index in [2.05, 4.69) is 29.5 Å². The summed E-state index contributed by atoms with van der Waals surface area (Å²) >= 11 is 0.